The lowest BCUT2D eigenvalue weighted by atomic mass is 9.98. The highest BCUT2D eigenvalue weighted by atomic mass is 16.5. The Bertz CT molecular complexity index is 712. The molecule has 0 radical (unpaired) electrons. The first kappa shape index (κ1) is 18.8. The molecule has 0 saturated heterocycles. The van der Waals surface area contributed by atoms with Crippen LogP contribution >= 0.6 is 0 Å². The third kappa shape index (κ3) is 4.95. The highest BCUT2D eigenvalue weighted by Crippen LogP contribution is 2.30. The first-order chi connectivity index (χ1) is 11.8. The number of ether oxygens (including phenoxy) is 1. The third-order valence-corrected chi connectivity index (χ3v) is 3.86. The molecule has 5 nitrogen and oxygen atoms in total. The van der Waals surface area contributed by atoms with E-state index >= 15 is 0 Å². The van der Waals surface area contributed by atoms with E-state index in [1.807, 2.05) is 6.07 Å². The average molecular weight is 344 g/mol. The molecule has 0 aliphatic heterocycles. The zero-order valence-electron chi connectivity index (χ0n) is 15.0. The second kappa shape index (κ2) is 8.01. The molecule has 0 bridgehead atoms. The van der Waals surface area contributed by atoms with Crippen molar-refractivity contribution in [2.45, 2.75) is 46.0 Å². The normalized spacial score (nSPS) is 11.1. The van der Waals surface area contributed by atoms with Crippen molar-refractivity contribution in [3.63, 3.8) is 0 Å². The first-order valence-electron chi connectivity index (χ1n) is 8.38. The van der Waals surface area contributed by atoms with Crippen LogP contribution in [0.3, 0.4) is 0 Å². The van der Waals surface area contributed by atoms with Gasteiger partial charge in [0, 0.05) is 12.3 Å². The predicted octanol–water partition coefficient (Wildman–Crippen LogP) is 4.42. The van der Waals surface area contributed by atoms with E-state index in [0.29, 0.717) is 17.4 Å². The van der Waals surface area contributed by atoms with E-state index in [0.717, 1.165) is 16.9 Å². The number of ketones is 1. The van der Waals surface area contributed by atoms with Gasteiger partial charge in [-0.2, -0.15) is 0 Å². The molecule has 0 fully saturated rings. The smallest absolute Gasteiger partial charge is 0.341 e. The standard InChI is InChI=1S/C20H24O5/c1-12(2)16-10-18(25-20(16)13(3)4)17(21)9-14-5-7-15(8-6-14)24-11-19(22)23/h5-8,10,12-13H,9,11H2,1-4H3,(H,22,23). The van der Waals surface area contributed by atoms with E-state index in [9.17, 15) is 9.59 Å². The lowest BCUT2D eigenvalue weighted by Gasteiger charge is -2.07. The molecular weight excluding hydrogens is 320 g/mol. The number of Topliss-reactive ketones (excluding diaryl/α,β-unsaturated/α-hetero) is 1. The third-order valence-electron chi connectivity index (χ3n) is 3.86. The molecule has 2 aromatic rings. The van der Waals surface area contributed by atoms with Crippen molar-refractivity contribution in [3.05, 3.63) is 53.0 Å². The molecule has 25 heavy (non-hydrogen) atoms. The molecule has 0 saturated carbocycles. The van der Waals surface area contributed by atoms with E-state index in [4.69, 9.17) is 14.3 Å². The molecule has 5 heteroatoms. The number of carbonyl (C=O) groups is 2. The van der Waals surface area contributed by atoms with Gasteiger partial charge in [-0.15, -0.1) is 0 Å². The zero-order valence-corrected chi connectivity index (χ0v) is 15.0. The van der Waals surface area contributed by atoms with Gasteiger partial charge in [0.25, 0.3) is 0 Å². The van der Waals surface area contributed by atoms with Gasteiger partial charge in [-0.05, 0) is 35.2 Å². The van der Waals surface area contributed by atoms with E-state index in [-0.39, 0.29) is 24.7 Å². The molecule has 0 amide bonds. The number of carbonyl (C=O) groups excluding carboxylic acids is 1. The fourth-order valence-corrected chi connectivity index (χ4v) is 2.58. The molecule has 134 valence electrons. The minimum absolute atomic E-state index is 0.0759. The van der Waals surface area contributed by atoms with Crippen LogP contribution in [-0.4, -0.2) is 23.5 Å². The van der Waals surface area contributed by atoms with Crippen LogP contribution in [0.25, 0.3) is 0 Å². The monoisotopic (exact) mass is 344 g/mol. The molecule has 0 aliphatic carbocycles. The zero-order chi connectivity index (χ0) is 18.6. The van der Waals surface area contributed by atoms with Crippen LogP contribution in [-0.2, 0) is 11.2 Å². The van der Waals surface area contributed by atoms with Gasteiger partial charge < -0.3 is 14.3 Å². The molecule has 0 spiro atoms. The number of rotatable bonds is 8. The van der Waals surface area contributed by atoms with Gasteiger partial charge in [-0.1, -0.05) is 39.8 Å². The Balaban J connectivity index is 2.09. The Hall–Kier alpha value is -2.56. The van der Waals surface area contributed by atoms with Gasteiger partial charge >= 0.3 is 5.97 Å². The Morgan fingerprint density at radius 2 is 1.72 bits per heavy atom. The number of benzene rings is 1. The van der Waals surface area contributed by atoms with Crippen LogP contribution < -0.4 is 4.74 Å². The summed E-state index contributed by atoms with van der Waals surface area (Å²) in [7, 11) is 0. The molecule has 1 heterocycles. The van der Waals surface area contributed by atoms with Gasteiger partial charge in [-0.3, -0.25) is 4.79 Å². The average Bonchev–Trinajstić information content (AvgIpc) is 3.00. The van der Waals surface area contributed by atoms with E-state index in [1.54, 1.807) is 24.3 Å². The number of hydrogen-bond donors (Lipinski definition) is 1. The second-order valence-corrected chi connectivity index (χ2v) is 6.67. The van der Waals surface area contributed by atoms with Gasteiger partial charge in [-0.25, -0.2) is 4.79 Å². The summed E-state index contributed by atoms with van der Waals surface area (Å²) in [5.74, 6) is 1.14. The fraction of sp³-hybridized carbons (Fsp3) is 0.400. The maximum Gasteiger partial charge on any atom is 0.341 e. The van der Waals surface area contributed by atoms with E-state index in [2.05, 4.69) is 27.7 Å². The Morgan fingerprint density at radius 3 is 2.20 bits per heavy atom. The summed E-state index contributed by atoms with van der Waals surface area (Å²) in [5, 5.41) is 8.60. The highest BCUT2D eigenvalue weighted by molar-refractivity contribution is 5.95. The van der Waals surface area contributed by atoms with Crippen molar-refractivity contribution >= 4 is 11.8 Å². The molecular formula is C20H24O5. The molecule has 0 unspecified atom stereocenters. The quantitative estimate of drug-likeness (QED) is 0.718. The van der Waals surface area contributed by atoms with Gasteiger partial charge in [0.1, 0.15) is 11.5 Å². The fourth-order valence-electron chi connectivity index (χ4n) is 2.58. The number of hydrogen-bond acceptors (Lipinski definition) is 4. The number of carboxylic acids is 1. The van der Waals surface area contributed by atoms with Crippen LogP contribution in [0.4, 0.5) is 0 Å². The Morgan fingerprint density at radius 1 is 1.08 bits per heavy atom. The van der Waals surface area contributed by atoms with Crippen molar-refractivity contribution in [2.75, 3.05) is 6.61 Å². The summed E-state index contributed by atoms with van der Waals surface area (Å²) in [4.78, 5) is 23.0. The van der Waals surface area contributed by atoms with Crippen LogP contribution in [0.1, 0.15) is 67.0 Å². The lowest BCUT2D eigenvalue weighted by molar-refractivity contribution is -0.139. The Labute approximate surface area is 147 Å². The number of aliphatic carboxylic acids is 1. The SMILES string of the molecule is CC(C)c1cc(C(=O)Cc2ccc(OCC(=O)O)cc2)oc1C(C)C. The van der Waals surface area contributed by atoms with Gasteiger partial charge in [0.2, 0.25) is 5.78 Å². The predicted molar refractivity (Wildman–Crippen MR) is 94.5 cm³/mol. The molecule has 1 N–H and O–H groups in total. The van der Waals surface area contributed by atoms with Crippen molar-refractivity contribution in [3.8, 4) is 5.75 Å². The topological polar surface area (TPSA) is 76.7 Å². The van der Waals surface area contributed by atoms with Gasteiger partial charge in [0.05, 0.1) is 0 Å². The van der Waals surface area contributed by atoms with E-state index < -0.39 is 5.97 Å². The summed E-state index contributed by atoms with van der Waals surface area (Å²) >= 11 is 0. The van der Waals surface area contributed by atoms with E-state index in [1.165, 1.54) is 0 Å². The molecule has 1 aromatic carbocycles. The van der Waals surface area contributed by atoms with Crippen molar-refractivity contribution < 1.29 is 23.8 Å². The minimum atomic E-state index is -1.03. The Kier molecular flexibility index (Phi) is 6.02. The number of carboxylic acid groups (broad SMARTS) is 1. The number of furan rings is 1. The summed E-state index contributed by atoms with van der Waals surface area (Å²) in [6.07, 6.45) is 0.224. The molecule has 0 atom stereocenters. The highest BCUT2D eigenvalue weighted by Gasteiger charge is 2.20. The van der Waals surface area contributed by atoms with Crippen LogP contribution in [0.2, 0.25) is 0 Å². The van der Waals surface area contributed by atoms with Crippen LogP contribution in [0.5, 0.6) is 5.75 Å². The molecule has 0 aliphatic rings. The maximum absolute atomic E-state index is 12.5. The van der Waals surface area contributed by atoms with Crippen molar-refractivity contribution in [1.29, 1.82) is 0 Å². The molecule has 2 rings (SSSR count). The van der Waals surface area contributed by atoms with Crippen LogP contribution in [0.15, 0.2) is 34.7 Å². The van der Waals surface area contributed by atoms with Crippen molar-refractivity contribution in [2.24, 2.45) is 0 Å². The summed E-state index contributed by atoms with van der Waals surface area (Å²) in [6, 6.07) is 8.68. The van der Waals surface area contributed by atoms with Crippen LogP contribution in [0, 0.1) is 0 Å². The largest absolute Gasteiger partial charge is 0.482 e. The first-order valence-corrected chi connectivity index (χ1v) is 8.38. The molecule has 1 aromatic heterocycles. The lowest BCUT2D eigenvalue weighted by Crippen LogP contribution is -2.09. The summed E-state index contributed by atoms with van der Waals surface area (Å²) < 4.78 is 10.9. The second-order valence-electron chi connectivity index (χ2n) is 6.67. The van der Waals surface area contributed by atoms with Gasteiger partial charge in [0.15, 0.2) is 12.4 Å². The summed E-state index contributed by atoms with van der Waals surface area (Å²) in [6.45, 7) is 7.88. The minimum Gasteiger partial charge on any atom is -0.482 e. The maximum atomic E-state index is 12.5. The summed E-state index contributed by atoms with van der Waals surface area (Å²) in [5.41, 5.74) is 1.90. The van der Waals surface area contributed by atoms with Crippen molar-refractivity contribution in [1.82, 2.24) is 0 Å².